The van der Waals surface area contributed by atoms with Gasteiger partial charge in [0.15, 0.2) is 0 Å². The standard InChI is InChI=1S/C42H72O4/c1-3-5-7-9-11-13-14-15-16-17-18-19-20-21-22-23-25-31-35-39-42(45)46-40(36-32-28-24-12-10-8-6-4-2)37-33-29-26-27-30-34-38-41(43)44/h6,8,11-13,15-16,24,32,36,40H,3-5,7,9-10,14,17-23,25-31,33-35,37-39H2,1-2H3,(H,43,44)/b8-6-,13-11-,16-15-,24-12-,36-32-. The van der Waals surface area contributed by atoms with Crippen molar-refractivity contribution in [3.05, 3.63) is 60.8 Å². The zero-order valence-corrected chi connectivity index (χ0v) is 30.1. The van der Waals surface area contributed by atoms with Crippen molar-refractivity contribution < 1.29 is 19.4 Å². The van der Waals surface area contributed by atoms with Crippen molar-refractivity contribution in [2.45, 2.75) is 193 Å². The average molecular weight is 641 g/mol. The number of carbonyl (C=O) groups is 2. The number of unbranched alkanes of at least 4 members (excludes halogenated alkanes) is 17. The van der Waals surface area contributed by atoms with Crippen LogP contribution < -0.4 is 0 Å². The van der Waals surface area contributed by atoms with Crippen LogP contribution >= 0.6 is 0 Å². The topological polar surface area (TPSA) is 63.6 Å². The van der Waals surface area contributed by atoms with Crippen LogP contribution in [0.1, 0.15) is 187 Å². The second-order valence-corrected chi connectivity index (χ2v) is 12.7. The summed E-state index contributed by atoms with van der Waals surface area (Å²) in [7, 11) is 0. The van der Waals surface area contributed by atoms with E-state index in [2.05, 4.69) is 74.6 Å². The van der Waals surface area contributed by atoms with Crippen molar-refractivity contribution >= 4 is 11.9 Å². The lowest BCUT2D eigenvalue weighted by Gasteiger charge is -2.14. The second-order valence-electron chi connectivity index (χ2n) is 12.7. The molecule has 0 aliphatic rings. The largest absolute Gasteiger partial charge is 0.481 e. The maximum atomic E-state index is 12.6. The fourth-order valence-corrected chi connectivity index (χ4v) is 5.38. The van der Waals surface area contributed by atoms with Crippen LogP contribution in [0.4, 0.5) is 0 Å². The lowest BCUT2D eigenvalue weighted by atomic mass is 10.0. The number of allylic oxidation sites excluding steroid dienone is 9. The number of ether oxygens (including phenoxy) is 1. The first-order valence-corrected chi connectivity index (χ1v) is 19.3. The summed E-state index contributed by atoms with van der Waals surface area (Å²) >= 11 is 0. The van der Waals surface area contributed by atoms with Gasteiger partial charge in [0, 0.05) is 12.8 Å². The molecule has 46 heavy (non-hydrogen) atoms. The number of esters is 1. The summed E-state index contributed by atoms with van der Waals surface area (Å²) in [5.74, 6) is -0.777. The lowest BCUT2D eigenvalue weighted by molar-refractivity contribution is -0.147. The SMILES string of the molecule is CC/C=C\C/C=C\C/C=C\C(CCCCCCCCC(=O)O)OC(=O)CCCCCCCCCCC/C=C\C/C=C\CCCCC. The van der Waals surface area contributed by atoms with Crippen molar-refractivity contribution in [2.24, 2.45) is 0 Å². The monoisotopic (exact) mass is 641 g/mol. The van der Waals surface area contributed by atoms with Crippen LogP contribution in [0.3, 0.4) is 0 Å². The zero-order chi connectivity index (χ0) is 33.6. The molecule has 4 heteroatoms. The van der Waals surface area contributed by atoms with Crippen LogP contribution in [0.2, 0.25) is 0 Å². The van der Waals surface area contributed by atoms with Crippen LogP contribution in [0, 0.1) is 0 Å². The number of carbonyl (C=O) groups excluding carboxylic acids is 1. The lowest BCUT2D eigenvalue weighted by Crippen LogP contribution is -2.16. The number of carboxylic acids is 1. The van der Waals surface area contributed by atoms with Crippen LogP contribution in [-0.2, 0) is 14.3 Å². The Morgan fingerprint density at radius 3 is 1.54 bits per heavy atom. The molecule has 0 radical (unpaired) electrons. The van der Waals surface area contributed by atoms with Crippen LogP contribution in [0.15, 0.2) is 60.8 Å². The Bertz CT molecular complexity index is 820. The van der Waals surface area contributed by atoms with Crippen molar-refractivity contribution in [1.82, 2.24) is 0 Å². The van der Waals surface area contributed by atoms with Gasteiger partial charge in [-0.25, -0.2) is 0 Å². The first-order valence-electron chi connectivity index (χ1n) is 19.3. The van der Waals surface area contributed by atoms with Gasteiger partial charge in [-0.05, 0) is 83.1 Å². The summed E-state index contributed by atoms with van der Waals surface area (Å²) in [6.45, 7) is 4.39. The van der Waals surface area contributed by atoms with Crippen molar-refractivity contribution in [1.29, 1.82) is 0 Å². The summed E-state index contributed by atoms with van der Waals surface area (Å²) in [5, 5.41) is 8.76. The molecular weight excluding hydrogens is 568 g/mol. The highest BCUT2D eigenvalue weighted by atomic mass is 16.5. The van der Waals surface area contributed by atoms with Gasteiger partial charge in [-0.2, -0.15) is 0 Å². The Balaban J connectivity index is 4.02. The minimum Gasteiger partial charge on any atom is -0.481 e. The summed E-state index contributed by atoms with van der Waals surface area (Å²) in [5.41, 5.74) is 0. The molecule has 1 unspecified atom stereocenters. The summed E-state index contributed by atoms with van der Waals surface area (Å²) in [6, 6.07) is 0. The molecule has 0 heterocycles. The van der Waals surface area contributed by atoms with Gasteiger partial charge in [-0.1, -0.05) is 152 Å². The summed E-state index contributed by atoms with van der Waals surface area (Å²) in [4.78, 5) is 23.2. The normalized spacial score (nSPS) is 12.9. The Hall–Kier alpha value is -2.36. The van der Waals surface area contributed by atoms with Crippen molar-refractivity contribution in [3.8, 4) is 0 Å². The molecule has 0 aromatic heterocycles. The number of hydrogen-bond donors (Lipinski definition) is 1. The van der Waals surface area contributed by atoms with E-state index in [1.807, 2.05) is 0 Å². The highest BCUT2D eigenvalue weighted by molar-refractivity contribution is 5.69. The van der Waals surface area contributed by atoms with E-state index in [0.717, 1.165) is 83.5 Å². The number of rotatable bonds is 34. The maximum Gasteiger partial charge on any atom is 0.306 e. The van der Waals surface area contributed by atoms with Crippen LogP contribution in [0.25, 0.3) is 0 Å². The molecule has 0 aliphatic heterocycles. The molecule has 0 aromatic carbocycles. The Labute approximate surface area is 284 Å². The maximum absolute atomic E-state index is 12.6. The molecule has 0 aliphatic carbocycles. The highest BCUT2D eigenvalue weighted by Crippen LogP contribution is 2.15. The highest BCUT2D eigenvalue weighted by Gasteiger charge is 2.11. The molecule has 1 N–H and O–H groups in total. The van der Waals surface area contributed by atoms with Gasteiger partial charge in [0.2, 0.25) is 0 Å². The van der Waals surface area contributed by atoms with Gasteiger partial charge < -0.3 is 9.84 Å². The van der Waals surface area contributed by atoms with Gasteiger partial charge in [0.1, 0.15) is 6.10 Å². The third kappa shape index (κ3) is 36.1. The minimum absolute atomic E-state index is 0.0689. The molecule has 4 nitrogen and oxygen atoms in total. The van der Waals surface area contributed by atoms with E-state index in [1.165, 1.54) is 77.0 Å². The smallest absolute Gasteiger partial charge is 0.306 e. The first kappa shape index (κ1) is 43.6. The average Bonchev–Trinajstić information content (AvgIpc) is 3.04. The second kappa shape index (κ2) is 37.1. The number of carboxylic acid groups (broad SMARTS) is 1. The molecule has 0 saturated heterocycles. The Morgan fingerprint density at radius 1 is 0.522 bits per heavy atom. The summed E-state index contributed by atoms with van der Waals surface area (Å²) < 4.78 is 5.88. The van der Waals surface area contributed by atoms with Crippen LogP contribution in [-0.4, -0.2) is 23.1 Å². The third-order valence-electron chi connectivity index (χ3n) is 8.21. The molecule has 0 fully saturated rings. The van der Waals surface area contributed by atoms with E-state index < -0.39 is 5.97 Å². The third-order valence-corrected chi connectivity index (χ3v) is 8.21. The molecule has 0 saturated carbocycles. The first-order chi connectivity index (χ1) is 22.6. The zero-order valence-electron chi connectivity index (χ0n) is 30.1. The van der Waals surface area contributed by atoms with E-state index in [9.17, 15) is 9.59 Å². The molecule has 0 spiro atoms. The number of aliphatic carboxylic acids is 1. The van der Waals surface area contributed by atoms with Gasteiger partial charge in [-0.15, -0.1) is 0 Å². The van der Waals surface area contributed by atoms with Crippen molar-refractivity contribution in [3.63, 3.8) is 0 Å². The van der Waals surface area contributed by atoms with Crippen LogP contribution in [0.5, 0.6) is 0 Å². The fourth-order valence-electron chi connectivity index (χ4n) is 5.38. The number of hydrogen-bond acceptors (Lipinski definition) is 3. The van der Waals surface area contributed by atoms with Gasteiger partial charge in [0.05, 0.1) is 0 Å². The van der Waals surface area contributed by atoms with E-state index in [0.29, 0.717) is 6.42 Å². The fraction of sp³-hybridized carbons (Fsp3) is 0.714. The van der Waals surface area contributed by atoms with E-state index in [4.69, 9.17) is 9.84 Å². The molecule has 1 atom stereocenters. The van der Waals surface area contributed by atoms with Gasteiger partial charge >= 0.3 is 11.9 Å². The van der Waals surface area contributed by atoms with Gasteiger partial charge in [0.25, 0.3) is 0 Å². The van der Waals surface area contributed by atoms with Crippen molar-refractivity contribution in [2.75, 3.05) is 0 Å². The van der Waals surface area contributed by atoms with E-state index >= 15 is 0 Å². The molecule has 0 amide bonds. The molecular formula is C42H72O4. The molecule has 0 bridgehead atoms. The Kier molecular flexibility index (Phi) is 35.2. The van der Waals surface area contributed by atoms with Gasteiger partial charge in [-0.3, -0.25) is 9.59 Å². The molecule has 264 valence electrons. The van der Waals surface area contributed by atoms with E-state index in [-0.39, 0.29) is 18.5 Å². The predicted octanol–water partition coefficient (Wildman–Crippen LogP) is 13.3. The quantitative estimate of drug-likeness (QED) is 0.0432. The Morgan fingerprint density at radius 2 is 0.978 bits per heavy atom. The molecule has 0 rings (SSSR count). The molecule has 0 aromatic rings. The minimum atomic E-state index is -0.708. The summed E-state index contributed by atoms with van der Waals surface area (Å²) in [6.07, 6.45) is 51.2. The van der Waals surface area contributed by atoms with E-state index in [1.54, 1.807) is 0 Å². The predicted molar refractivity (Wildman–Crippen MR) is 199 cm³/mol.